The van der Waals surface area contributed by atoms with Crippen molar-refractivity contribution in [1.82, 2.24) is 5.32 Å². The molecule has 6 nitrogen and oxygen atoms in total. The lowest BCUT2D eigenvalue weighted by molar-refractivity contribution is -0.137. The molecule has 1 amide bonds. The molecule has 0 fully saturated rings. The fourth-order valence-corrected chi connectivity index (χ4v) is 0.938. The minimum atomic E-state index is -0.973. The molecular weight excluding hydrogens is 200 g/mol. The van der Waals surface area contributed by atoms with Gasteiger partial charge in [0, 0.05) is 19.4 Å². The normalized spacial score (nSPS) is 11.8. The molecule has 0 heterocycles. The van der Waals surface area contributed by atoms with Crippen molar-refractivity contribution in [3.05, 3.63) is 0 Å². The summed E-state index contributed by atoms with van der Waals surface area (Å²) in [5.74, 6) is -1.35. The molecular formula is C9H16N2O4. The van der Waals surface area contributed by atoms with Crippen molar-refractivity contribution < 1.29 is 19.5 Å². The number of amides is 1. The Morgan fingerprint density at radius 2 is 2.13 bits per heavy atom. The summed E-state index contributed by atoms with van der Waals surface area (Å²) in [5, 5.41) is 10.9. The van der Waals surface area contributed by atoms with Gasteiger partial charge in [-0.05, 0) is 12.8 Å². The van der Waals surface area contributed by atoms with E-state index in [0.29, 0.717) is 19.4 Å². The second-order valence-corrected chi connectivity index (χ2v) is 3.14. The molecule has 0 unspecified atom stereocenters. The summed E-state index contributed by atoms with van der Waals surface area (Å²) in [7, 11) is 0. The van der Waals surface area contributed by atoms with Gasteiger partial charge in [0.05, 0.1) is 6.04 Å². The smallest absolute Gasteiger partial charge is 0.303 e. The average molecular weight is 216 g/mol. The lowest BCUT2D eigenvalue weighted by atomic mass is 10.1. The second-order valence-electron chi connectivity index (χ2n) is 3.14. The molecule has 0 radical (unpaired) electrons. The largest absolute Gasteiger partial charge is 0.481 e. The van der Waals surface area contributed by atoms with Crippen LogP contribution in [-0.4, -0.2) is 35.9 Å². The summed E-state index contributed by atoms with van der Waals surface area (Å²) in [6, 6.07) is -0.794. The standard InChI is InChI=1S/C9H16N2O4/c10-7(3-4-8(13)14)9(15)11-5-1-2-6-12/h6-7H,1-5,10H2,(H,11,15)(H,13,14)/t7-/m0/s1. The van der Waals surface area contributed by atoms with E-state index in [1.807, 2.05) is 0 Å². The molecule has 0 spiro atoms. The monoisotopic (exact) mass is 216 g/mol. The van der Waals surface area contributed by atoms with E-state index >= 15 is 0 Å². The van der Waals surface area contributed by atoms with Gasteiger partial charge in [-0.15, -0.1) is 0 Å². The maximum absolute atomic E-state index is 11.2. The lowest BCUT2D eigenvalue weighted by Gasteiger charge is -2.10. The SMILES string of the molecule is N[C@@H](CCC(=O)O)C(=O)NCCCC=O. The van der Waals surface area contributed by atoms with Gasteiger partial charge in [-0.1, -0.05) is 0 Å². The molecule has 0 aromatic heterocycles. The lowest BCUT2D eigenvalue weighted by Crippen LogP contribution is -2.41. The van der Waals surface area contributed by atoms with Crippen LogP contribution in [0.1, 0.15) is 25.7 Å². The van der Waals surface area contributed by atoms with Crippen LogP contribution in [0.25, 0.3) is 0 Å². The van der Waals surface area contributed by atoms with Crippen LogP contribution >= 0.6 is 0 Å². The van der Waals surface area contributed by atoms with Gasteiger partial charge in [-0.25, -0.2) is 0 Å². The number of nitrogens with two attached hydrogens (primary N) is 1. The van der Waals surface area contributed by atoms with E-state index in [4.69, 9.17) is 10.8 Å². The minimum absolute atomic E-state index is 0.120. The number of rotatable bonds is 8. The first kappa shape index (κ1) is 13.6. The molecule has 0 rings (SSSR count). The summed E-state index contributed by atoms with van der Waals surface area (Å²) in [6.07, 6.45) is 1.74. The second kappa shape index (κ2) is 7.93. The van der Waals surface area contributed by atoms with Gasteiger partial charge in [0.15, 0.2) is 0 Å². The van der Waals surface area contributed by atoms with Crippen LogP contribution in [0.4, 0.5) is 0 Å². The van der Waals surface area contributed by atoms with Crippen molar-refractivity contribution in [2.45, 2.75) is 31.7 Å². The number of aldehydes is 1. The van der Waals surface area contributed by atoms with Crippen LogP contribution < -0.4 is 11.1 Å². The van der Waals surface area contributed by atoms with Crippen LogP contribution in [0.5, 0.6) is 0 Å². The summed E-state index contributed by atoms with van der Waals surface area (Å²) in [6.45, 7) is 0.387. The first-order chi connectivity index (χ1) is 7.07. The van der Waals surface area contributed by atoms with Gasteiger partial charge in [0.1, 0.15) is 6.29 Å². The van der Waals surface area contributed by atoms with E-state index in [1.165, 1.54) is 0 Å². The Bertz CT molecular complexity index is 230. The minimum Gasteiger partial charge on any atom is -0.481 e. The highest BCUT2D eigenvalue weighted by Crippen LogP contribution is 1.94. The zero-order chi connectivity index (χ0) is 11.7. The van der Waals surface area contributed by atoms with Crippen molar-refractivity contribution in [3.63, 3.8) is 0 Å². The highest BCUT2D eigenvalue weighted by atomic mass is 16.4. The molecule has 0 aliphatic heterocycles. The van der Waals surface area contributed by atoms with Crippen LogP contribution in [-0.2, 0) is 14.4 Å². The maximum Gasteiger partial charge on any atom is 0.303 e. The van der Waals surface area contributed by atoms with Crippen molar-refractivity contribution in [2.24, 2.45) is 5.73 Å². The number of hydrogen-bond donors (Lipinski definition) is 3. The van der Waals surface area contributed by atoms with E-state index in [9.17, 15) is 14.4 Å². The highest BCUT2D eigenvalue weighted by molar-refractivity contribution is 5.82. The van der Waals surface area contributed by atoms with Gasteiger partial charge in [-0.3, -0.25) is 9.59 Å². The van der Waals surface area contributed by atoms with Gasteiger partial charge in [0.2, 0.25) is 5.91 Å². The predicted molar refractivity (Wildman–Crippen MR) is 53.2 cm³/mol. The number of unbranched alkanes of at least 4 members (excludes halogenated alkanes) is 1. The van der Waals surface area contributed by atoms with Crippen LogP contribution in [0.3, 0.4) is 0 Å². The Labute approximate surface area is 87.8 Å². The van der Waals surface area contributed by atoms with Gasteiger partial charge in [0.25, 0.3) is 0 Å². The Hall–Kier alpha value is -1.43. The molecule has 0 saturated carbocycles. The predicted octanol–water partition coefficient (Wildman–Crippen LogP) is -0.726. The summed E-state index contributed by atoms with van der Waals surface area (Å²) in [5.41, 5.74) is 5.44. The van der Waals surface area contributed by atoms with E-state index in [2.05, 4.69) is 5.32 Å². The third kappa shape index (κ3) is 7.63. The van der Waals surface area contributed by atoms with Crippen LogP contribution in [0.2, 0.25) is 0 Å². The van der Waals surface area contributed by atoms with Crippen molar-refractivity contribution in [2.75, 3.05) is 6.54 Å². The number of carbonyl (C=O) groups is 3. The van der Waals surface area contributed by atoms with Crippen LogP contribution in [0.15, 0.2) is 0 Å². The van der Waals surface area contributed by atoms with Crippen molar-refractivity contribution >= 4 is 18.2 Å². The number of carbonyl (C=O) groups excluding carboxylic acids is 2. The molecule has 0 aromatic carbocycles. The Morgan fingerprint density at radius 3 is 2.67 bits per heavy atom. The van der Waals surface area contributed by atoms with E-state index < -0.39 is 12.0 Å². The Morgan fingerprint density at radius 1 is 1.47 bits per heavy atom. The fraction of sp³-hybridized carbons (Fsp3) is 0.667. The van der Waals surface area contributed by atoms with Crippen molar-refractivity contribution in [3.8, 4) is 0 Å². The number of carboxylic acid groups (broad SMARTS) is 1. The first-order valence-electron chi connectivity index (χ1n) is 4.76. The summed E-state index contributed by atoms with van der Waals surface area (Å²) < 4.78 is 0. The number of aliphatic carboxylic acids is 1. The molecule has 15 heavy (non-hydrogen) atoms. The molecule has 0 aromatic rings. The van der Waals surface area contributed by atoms with E-state index in [-0.39, 0.29) is 18.7 Å². The first-order valence-corrected chi connectivity index (χ1v) is 4.76. The van der Waals surface area contributed by atoms with Gasteiger partial charge in [-0.2, -0.15) is 0 Å². The van der Waals surface area contributed by atoms with Gasteiger partial charge >= 0.3 is 5.97 Å². The van der Waals surface area contributed by atoms with Crippen molar-refractivity contribution in [1.29, 1.82) is 0 Å². The molecule has 6 heteroatoms. The van der Waals surface area contributed by atoms with Gasteiger partial charge < -0.3 is 21.0 Å². The Balaban J connectivity index is 3.59. The summed E-state index contributed by atoms with van der Waals surface area (Å²) >= 11 is 0. The molecule has 0 bridgehead atoms. The highest BCUT2D eigenvalue weighted by Gasteiger charge is 2.13. The molecule has 1 atom stereocenters. The average Bonchev–Trinajstić information content (AvgIpc) is 2.20. The molecule has 4 N–H and O–H groups in total. The maximum atomic E-state index is 11.2. The molecule has 0 aliphatic carbocycles. The zero-order valence-electron chi connectivity index (χ0n) is 8.44. The quantitative estimate of drug-likeness (QED) is 0.366. The molecule has 0 saturated heterocycles. The Kier molecular flexibility index (Phi) is 7.17. The summed E-state index contributed by atoms with van der Waals surface area (Å²) in [4.78, 5) is 31.4. The third-order valence-electron chi connectivity index (χ3n) is 1.80. The number of hydrogen-bond acceptors (Lipinski definition) is 4. The van der Waals surface area contributed by atoms with E-state index in [0.717, 1.165) is 6.29 Å². The number of nitrogens with one attached hydrogen (secondary N) is 1. The fourth-order valence-electron chi connectivity index (χ4n) is 0.938. The third-order valence-corrected chi connectivity index (χ3v) is 1.80. The van der Waals surface area contributed by atoms with E-state index in [1.54, 1.807) is 0 Å². The zero-order valence-corrected chi connectivity index (χ0v) is 8.44. The topological polar surface area (TPSA) is 109 Å². The van der Waals surface area contributed by atoms with Crippen LogP contribution in [0, 0.1) is 0 Å². The molecule has 0 aliphatic rings. The number of carboxylic acids is 1. The molecule has 86 valence electrons.